The molecule has 4 N–H and O–H groups in total. The lowest BCUT2D eigenvalue weighted by Crippen LogP contribution is -2.18. The molecule has 168 valence electrons. The normalized spacial score (nSPS) is 11.8. The van der Waals surface area contributed by atoms with E-state index in [2.05, 4.69) is 35.6 Å². The van der Waals surface area contributed by atoms with Gasteiger partial charge >= 0.3 is 0 Å². The quantitative estimate of drug-likeness (QED) is 0.352. The molecule has 0 radical (unpaired) electrons. The van der Waals surface area contributed by atoms with Crippen LogP contribution >= 0.6 is 0 Å². The van der Waals surface area contributed by atoms with E-state index in [0.717, 1.165) is 16.5 Å². The first kappa shape index (κ1) is 21.9. The highest BCUT2D eigenvalue weighted by atomic mass is 16.3. The third-order valence-electron chi connectivity index (χ3n) is 5.30. The molecule has 10 heteroatoms. The Balaban J connectivity index is 1.58. The Morgan fingerprint density at radius 3 is 2.58 bits per heavy atom. The predicted molar refractivity (Wildman–Crippen MR) is 123 cm³/mol. The number of carbonyl (C=O) groups is 1. The molecule has 0 bridgehead atoms. The summed E-state index contributed by atoms with van der Waals surface area (Å²) in [4.78, 5) is 32.8. The van der Waals surface area contributed by atoms with Crippen LogP contribution in [-0.4, -0.2) is 54.6 Å². The average Bonchev–Trinajstić information content (AvgIpc) is 2.81. The van der Waals surface area contributed by atoms with Gasteiger partial charge in [-0.3, -0.25) is 9.78 Å². The summed E-state index contributed by atoms with van der Waals surface area (Å²) >= 11 is 0. The van der Waals surface area contributed by atoms with Gasteiger partial charge in [-0.15, -0.1) is 0 Å². The molecule has 0 spiro atoms. The van der Waals surface area contributed by atoms with Crippen LogP contribution in [0.2, 0.25) is 0 Å². The number of aryl methyl sites for hydroxylation is 1. The van der Waals surface area contributed by atoms with Gasteiger partial charge in [0.05, 0.1) is 16.8 Å². The highest BCUT2D eigenvalue weighted by molar-refractivity contribution is 6.06. The first-order valence-electron chi connectivity index (χ1n) is 10.3. The van der Waals surface area contributed by atoms with Crippen molar-refractivity contribution in [2.75, 3.05) is 18.9 Å². The van der Waals surface area contributed by atoms with Crippen LogP contribution in [0.25, 0.3) is 22.2 Å². The van der Waals surface area contributed by atoms with Crippen molar-refractivity contribution in [2.45, 2.75) is 19.8 Å². The molecule has 1 aromatic carbocycles. The number of hydrogen-bond acceptors (Lipinski definition) is 9. The summed E-state index contributed by atoms with van der Waals surface area (Å²) in [5.41, 5.74) is 2.66. The molecule has 0 fully saturated rings. The SMILES string of the molecule is CNC(=O)c1ccnc2c([C@H](C)CNc3cc(-c4c(O)nc(C)nc4O)ncn3)cccc12. The summed E-state index contributed by atoms with van der Waals surface area (Å²) in [6.45, 7) is 4.13. The summed E-state index contributed by atoms with van der Waals surface area (Å²) < 4.78 is 0. The van der Waals surface area contributed by atoms with E-state index in [4.69, 9.17) is 0 Å². The summed E-state index contributed by atoms with van der Waals surface area (Å²) in [6.07, 6.45) is 2.96. The number of aromatic hydroxyl groups is 2. The van der Waals surface area contributed by atoms with Crippen molar-refractivity contribution in [3.8, 4) is 23.0 Å². The van der Waals surface area contributed by atoms with Crippen LogP contribution in [0.5, 0.6) is 11.8 Å². The molecule has 4 aromatic rings. The van der Waals surface area contributed by atoms with Crippen LogP contribution in [0.4, 0.5) is 5.82 Å². The van der Waals surface area contributed by atoms with E-state index in [0.29, 0.717) is 17.9 Å². The van der Waals surface area contributed by atoms with Crippen LogP contribution in [-0.2, 0) is 0 Å². The highest BCUT2D eigenvalue weighted by Crippen LogP contribution is 2.34. The third kappa shape index (κ3) is 4.36. The summed E-state index contributed by atoms with van der Waals surface area (Å²) in [5, 5.41) is 27.0. The van der Waals surface area contributed by atoms with Gasteiger partial charge in [0.15, 0.2) is 0 Å². The lowest BCUT2D eigenvalue weighted by atomic mass is 9.96. The molecule has 0 saturated carbocycles. The lowest BCUT2D eigenvalue weighted by molar-refractivity contribution is 0.0964. The fourth-order valence-corrected chi connectivity index (χ4v) is 3.66. The number of pyridine rings is 1. The number of anilines is 1. The van der Waals surface area contributed by atoms with Gasteiger partial charge in [0.2, 0.25) is 11.8 Å². The van der Waals surface area contributed by atoms with Crippen LogP contribution in [0, 0.1) is 6.92 Å². The zero-order chi connectivity index (χ0) is 23.5. The van der Waals surface area contributed by atoms with Crippen molar-refractivity contribution in [2.24, 2.45) is 0 Å². The largest absolute Gasteiger partial charge is 0.493 e. The Morgan fingerprint density at radius 2 is 1.85 bits per heavy atom. The molecule has 1 amide bonds. The molecule has 0 aliphatic heterocycles. The van der Waals surface area contributed by atoms with E-state index >= 15 is 0 Å². The summed E-state index contributed by atoms with van der Waals surface area (Å²) in [6, 6.07) is 9.09. The van der Waals surface area contributed by atoms with Crippen LogP contribution < -0.4 is 10.6 Å². The zero-order valence-electron chi connectivity index (χ0n) is 18.4. The van der Waals surface area contributed by atoms with Crippen LogP contribution in [0.15, 0.2) is 42.9 Å². The third-order valence-corrected chi connectivity index (χ3v) is 5.30. The second kappa shape index (κ2) is 9.03. The van der Waals surface area contributed by atoms with E-state index < -0.39 is 0 Å². The molecule has 0 aliphatic carbocycles. The number of rotatable bonds is 6. The monoisotopic (exact) mass is 445 g/mol. The maximum Gasteiger partial charge on any atom is 0.251 e. The Kier molecular flexibility index (Phi) is 5.99. The van der Waals surface area contributed by atoms with Gasteiger partial charge < -0.3 is 20.8 Å². The smallest absolute Gasteiger partial charge is 0.251 e. The van der Waals surface area contributed by atoms with Crippen molar-refractivity contribution < 1.29 is 15.0 Å². The highest BCUT2D eigenvalue weighted by Gasteiger charge is 2.18. The number of hydrogen-bond donors (Lipinski definition) is 4. The van der Waals surface area contributed by atoms with Crippen molar-refractivity contribution >= 4 is 22.6 Å². The minimum Gasteiger partial charge on any atom is -0.493 e. The molecule has 0 unspecified atom stereocenters. The van der Waals surface area contributed by atoms with Crippen molar-refractivity contribution in [1.29, 1.82) is 0 Å². The molecule has 3 aromatic heterocycles. The number of para-hydroxylation sites is 1. The number of benzene rings is 1. The van der Waals surface area contributed by atoms with Gasteiger partial charge in [-0.25, -0.2) is 9.97 Å². The van der Waals surface area contributed by atoms with Crippen LogP contribution in [0.1, 0.15) is 34.6 Å². The molecular formula is C23H23N7O3. The topological polar surface area (TPSA) is 146 Å². The second-order valence-electron chi connectivity index (χ2n) is 7.54. The maximum atomic E-state index is 12.2. The number of aromatic nitrogens is 5. The summed E-state index contributed by atoms with van der Waals surface area (Å²) in [5.74, 6) is -0.0863. The van der Waals surface area contributed by atoms with Crippen LogP contribution in [0.3, 0.4) is 0 Å². The van der Waals surface area contributed by atoms with E-state index in [1.807, 2.05) is 25.1 Å². The molecule has 10 nitrogen and oxygen atoms in total. The first-order chi connectivity index (χ1) is 15.9. The van der Waals surface area contributed by atoms with Gasteiger partial charge in [0, 0.05) is 37.2 Å². The number of amides is 1. The van der Waals surface area contributed by atoms with E-state index in [9.17, 15) is 15.0 Å². The molecule has 0 saturated heterocycles. The minimum atomic E-state index is -0.355. The Labute approximate surface area is 189 Å². The average molecular weight is 445 g/mol. The van der Waals surface area contributed by atoms with Crippen molar-refractivity contribution in [1.82, 2.24) is 30.2 Å². The van der Waals surface area contributed by atoms with E-state index in [-0.39, 0.29) is 40.7 Å². The number of fused-ring (bicyclic) bond motifs is 1. The molecule has 1 atom stereocenters. The fraction of sp³-hybridized carbons (Fsp3) is 0.217. The molecule has 3 heterocycles. The lowest BCUT2D eigenvalue weighted by Gasteiger charge is -2.16. The van der Waals surface area contributed by atoms with Gasteiger partial charge in [-0.1, -0.05) is 25.1 Å². The molecular weight excluding hydrogens is 422 g/mol. The fourth-order valence-electron chi connectivity index (χ4n) is 3.66. The molecule has 0 aliphatic rings. The Bertz CT molecular complexity index is 1320. The number of nitrogens with one attached hydrogen (secondary N) is 2. The van der Waals surface area contributed by atoms with E-state index in [1.54, 1.807) is 32.3 Å². The minimum absolute atomic E-state index is 0.0315. The zero-order valence-corrected chi connectivity index (χ0v) is 18.4. The Morgan fingerprint density at radius 1 is 1.09 bits per heavy atom. The first-order valence-corrected chi connectivity index (χ1v) is 10.3. The second-order valence-corrected chi connectivity index (χ2v) is 7.54. The standard InChI is InChI=1S/C23H23N7O3/c1-12(14-5-4-6-15-16(21(31)24-3)7-8-25-20(14)15)10-26-18-9-17(27-11-28-18)19-22(32)29-13(2)30-23(19)33/h4-9,11-12H,10H2,1-3H3,(H,24,31)(H,26,27,28)(H2,29,30,32,33)/t12-/m1/s1. The molecule has 33 heavy (non-hydrogen) atoms. The maximum absolute atomic E-state index is 12.2. The number of carbonyl (C=O) groups excluding carboxylic acids is 1. The van der Waals surface area contributed by atoms with Gasteiger partial charge in [-0.05, 0) is 18.6 Å². The van der Waals surface area contributed by atoms with Crippen molar-refractivity contribution in [3.63, 3.8) is 0 Å². The molecule has 4 rings (SSSR count). The Hall–Kier alpha value is -4.34. The van der Waals surface area contributed by atoms with Crippen molar-refractivity contribution in [3.05, 3.63) is 59.8 Å². The summed E-state index contributed by atoms with van der Waals surface area (Å²) in [7, 11) is 1.60. The van der Waals surface area contributed by atoms with Gasteiger partial charge in [-0.2, -0.15) is 9.97 Å². The van der Waals surface area contributed by atoms with Gasteiger partial charge in [0.1, 0.15) is 23.5 Å². The number of nitrogens with zero attached hydrogens (tertiary/aromatic N) is 5. The predicted octanol–water partition coefficient (Wildman–Crippen LogP) is 2.78. The van der Waals surface area contributed by atoms with Gasteiger partial charge in [0.25, 0.3) is 5.91 Å². The van der Waals surface area contributed by atoms with E-state index in [1.165, 1.54) is 6.33 Å².